The van der Waals surface area contributed by atoms with Gasteiger partial charge in [-0.2, -0.15) is 5.26 Å². The molecule has 7 heteroatoms. The van der Waals surface area contributed by atoms with Gasteiger partial charge in [0.1, 0.15) is 0 Å². The van der Waals surface area contributed by atoms with Gasteiger partial charge in [0.15, 0.2) is 0 Å². The van der Waals surface area contributed by atoms with Crippen LogP contribution in [0.15, 0.2) is 0 Å². The number of nitrogens with one attached hydrogen (secondary N) is 1. The topological polar surface area (TPSA) is 80.6 Å². The number of unbranched alkanes of at least 4 members (excludes halogenated alkanes) is 2. The summed E-state index contributed by atoms with van der Waals surface area (Å²) in [7, 11) is -3.38. The molecular formula is C14H23N2O4P. The van der Waals surface area contributed by atoms with Crippen molar-refractivity contribution >= 4 is 7.75 Å². The molecule has 0 aliphatic carbocycles. The van der Waals surface area contributed by atoms with Crippen LogP contribution in [0.2, 0.25) is 0 Å². The minimum Gasteiger partial charge on any atom is -0.377 e. The molecule has 1 saturated heterocycles. The number of nitriles is 1. The maximum Gasteiger partial charge on any atom is 0.405 e. The maximum atomic E-state index is 12.5. The first-order valence-electron chi connectivity index (χ1n) is 7.26. The summed E-state index contributed by atoms with van der Waals surface area (Å²) in [6.45, 7) is 1.55. The van der Waals surface area contributed by atoms with Gasteiger partial charge >= 0.3 is 7.75 Å². The molecule has 21 heavy (non-hydrogen) atoms. The Labute approximate surface area is 126 Å². The summed E-state index contributed by atoms with van der Waals surface area (Å²) in [6, 6.07) is 1.95. The van der Waals surface area contributed by atoms with E-state index < -0.39 is 7.75 Å². The smallest absolute Gasteiger partial charge is 0.377 e. The van der Waals surface area contributed by atoms with E-state index in [9.17, 15) is 4.57 Å². The fourth-order valence-corrected chi connectivity index (χ4v) is 3.26. The van der Waals surface area contributed by atoms with Crippen LogP contribution in [-0.2, 0) is 18.3 Å². The second kappa shape index (κ2) is 10.8. The van der Waals surface area contributed by atoms with Gasteiger partial charge in [-0.05, 0) is 25.7 Å². The van der Waals surface area contributed by atoms with Gasteiger partial charge in [0.05, 0.1) is 31.8 Å². The van der Waals surface area contributed by atoms with Gasteiger partial charge in [0.2, 0.25) is 0 Å². The zero-order valence-corrected chi connectivity index (χ0v) is 13.1. The molecule has 118 valence electrons. The first kappa shape index (κ1) is 18.2. The van der Waals surface area contributed by atoms with E-state index in [2.05, 4.69) is 11.0 Å². The van der Waals surface area contributed by atoms with Crippen LogP contribution in [0.4, 0.5) is 0 Å². The van der Waals surface area contributed by atoms with E-state index in [1.54, 1.807) is 0 Å². The number of hydrogen-bond acceptors (Lipinski definition) is 5. The third kappa shape index (κ3) is 8.21. The minimum atomic E-state index is -3.38. The summed E-state index contributed by atoms with van der Waals surface area (Å²) in [5.41, 5.74) is 0. The molecule has 1 N–H and O–H groups in total. The SMILES string of the molecule is C#CCCCCOP(=O)(NCC1CCCO1)OCCC#N. The van der Waals surface area contributed by atoms with Gasteiger partial charge in [-0.3, -0.25) is 9.05 Å². The first-order chi connectivity index (χ1) is 10.2. The third-order valence-electron chi connectivity index (χ3n) is 2.99. The largest absolute Gasteiger partial charge is 0.405 e. The lowest BCUT2D eigenvalue weighted by Crippen LogP contribution is -2.26. The van der Waals surface area contributed by atoms with Crippen molar-refractivity contribution in [1.29, 1.82) is 5.26 Å². The Morgan fingerprint density at radius 2 is 2.14 bits per heavy atom. The Morgan fingerprint density at radius 3 is 2.81 bits per heavy atom. The summed E-state index contributed by atoms with van der Waals surface area (Å²) in [4.78, 5) is 0. The van der Waals surface area contributed by atoms with Gasteiger partial charge in [0.25, 0.3) is 0 Å². The van der Waals surface area contributed by atoms with Crippen molar-refractivity contribution in [1.82, 2.24) is 5.09 Å². The van der Waals surface area contributed by atoms with Gasteiger partial charge in [-0.25, -0.2) is 9.65 Å². The fraction of sp³-hybridized carbons (Fsp3) is 0.786. The molecule has 0 radical (unpaired) electrons. The number of hydrogen-bond donors (Lipinski definition) is 1. The summed E-state index contributed by atoms with van der Waals surface area (Å²) < 4.78 is 28.6. The van der Waals surface area contributed by atoms with Crippen molar-refractivity contribution in [2.24, 2.45) is 0 Å². The molecule has 2 atom stereocenters. The van der Waals surface area contributed by atoms with Crippen molar-refractivity contribution in [3.8, 4) is 18.4 Å². The van der Waals surface area contributed by atoms with E-state index in [1.165, 1.54) is 0 Å². The molecule has 1 heterocycles. The van der Waals surface area contributed by atoms with Crippen LogP contribution < -0.4 is 5.09 Å². The highest BCUT2D eigenvalue weighted by Crippen LogP contribution is 2.44. The zero-order chi connectivity index (χ0) is 15.4. The quantitative estimate of drug-likeness (QED) is 0.359. The molecule has 0 bridgehead atoms. The second-order valence-corrected chi connectivity index (χ2v) is 6.56. The fourth-order valence-electron chi connectivity index (χ4n) is 1.87. The van der Waals surface area contributed by atoms with Gasteiger partial charge in [0, 0.05) is 19.6 Å². The average molecular weight is 314 g/mol. The molecule has 2 unspecified atom stereocenters. The van der Waals surface area contributed by atoms with E-state index in [0.29, 0.717) is 19.6 Å². The predicted molar refractivity (Wildman–Crippen MR) is 79.4 cm³/mol. The van der Waals surface area contributed by atoms with Gasteiger partial charge in [-0.15, -0.1) is 12.3 Å². The average Bonchev–Trinajstić information content (AvgIpc) is 2.99. The number of rotatable bonds is 11. The Balaban J connectivity index is 2.34. The monoisotopic (exact) mass is 314 g/mol. The van der Waals surface area contributed by atoms with E-state index in [1.807, 2.05) is 6.07 Å². The molecule has 0 amide bonds. The molecule has 0 aromatic rings. The van der Waals surface area contributed by atoms with Crippen LogP contribution in [0.3, 0.4) is 0 Å². The Morgan fingerprint density at radius 1 is 1.33 bits per heavy atom. The molecule has 0 spiro atoms. The molecule has 1 aliphatic rings. The predicted octanol–water partition coefficient (Wildman–Crippen LogP) is 2.61. The number of nitrogens with zero attached hydrogens (tertiary/aromatic N) is 1. The second-order valence-electron chi connectivity index (χ2n) is 4.73. The Bertz CT molecular complexity index is 410. The lowest BCUT2D eigenvalue weighted by molar-refractivity contribution is 0.109. The van der Waals surface area contributed by atoms with Gasteiger partial charge < -0.3 is 4.74 Å². The van der Waals surface area contributed by atoms with E-state index in [0.717, 1.165) is 32.3 Å². The normalized spacial score (nSPS) is 20.6. The Kier molecular flexibility index (Phi) is 9.34. The maximum absolute atomic E-state index is 12.5. The highest BCUT2D eigenvalue weighted by molar-refractivity contribution is 7.51. The lowest BCUT2D eigenvalue weighted by Gasteiger charge is -2.20. The van der Waals surface area contributed by atoms with Crippen molar-refractivity contribution in [3.05, 3.63) is 0 Å². The van der Waals surface area contributed by atoms with E-state index >= 15 is 0 Å². The molecule has 6 nitrogen and oxygen atoms in total. The molecule has 1 rings (SSSR count). The van der Waals surface area contributed by atoms with Crippen LogP contribution in [-0.4, -0.2) is 32.5 Å². The summed E-state index contributed by atoms with van der Waals surface area (Å²) >= 11 is 0. The number of terminal acetylenes is 1. The first-order valence-corrected chi connectivity index (χ1v) is 8.81. The standard InChI is InChI=1S/C14H23N2O4P/c1-2-3-4-5-11-19-21(17,20-12-7-9-15)16-13-14-8-6-10-18-14/h1,14H,3-8,10-13H2,(H,16,17). The molecule has 1 fully saturated rings. The van der Waals surface area contributed by atoms with Crippen LogP contribution in [0.1, 0.15) is 38.5 Å². The van der Waals surface area contributed by atoms with Crippen LogP contribution in [0, 0.1) is 23.7 Å². The zero-order valence-electron chi connectivity index (χ0n) is 12.3. The lowest BCUT2D eigenvalue weighted by atomic mass is 10.2. The van der Waals surface area contributed by atoms with Crippen molar-refractivity contribution in [2.75, 3.05) is 26.4 Å². The number of ether oxygens (including phenoxy) is 1. The molecule has 0 aromatic heterocycles. The Hall–Kier alpha value is -0.880. The summed E-state index contributed by atoms with van der Waals surface area (Å²) in [6.07, 6.45) is 9.55. The van der Waals surface area contributed by atoms with Crippen molar-refractivity contribution in [3.63, 3.8) is 0 Å². The van der Waals surface area contributed by atoms with Crippen molar-refractivity contribution < 1.29 is 18.3 Å². The van der Waals surface area contributed by atoms with Gasteiger partial charge in [-0.1, -0.05) is 0 Å². The highest BCUT2D eigenvalue weighted by Gasteiger charge is 2.27. The summed E-state index contributed by atoms with van der Waals surface area (Å²) in [5.74, 6) is 2.55. The van der Waals surface area contributed by atoms with E-state index in [-0.39, 0.29) is 19.1 Å². The third-order valence-corrected chi connectivity index (χ3v) is 4.60. The van der Waals surface area contributed by atoms with E-state index in [4.69, 9.17) is 25.5 Å². The summed E-state index contributed by atoms with van der Waals surface area (Å²) in [5, 5.41) is 11.3. The molecule has 1 aliphatic heterocycles. The van der Waals surface area contributed by atoms with Crippen LogP contribution in [0.5, 0.6) is 0 Å². The molecular weight excluding hydrogens is 291 g/mol. The van der Waals surface area contributed by atoms with Crippen LogP contribution in [0.25, 0.3) is 0 Å². The van der Waals surface area contributed by atoms with Crippen LogP contribution >= 0.6 is 7.75 Å². The molecule has 0 aromatic carbocycles. The van der Waals surface area contributed by atoms with Crippen molar-refractivity contribution in [2.45, 2.75) is 44.6 Å². The minimum absolute atomic E-state index is 0.0444. The highest BCUT2D eigenvalue weighted by atomic mass is 31.2. The molecule has 0 saturated carbocycles.